The molecule has 4 aromatic rings. The van der Waals surface area contributed by atoms with E-state index >= 15 is 0 Å². The first kappa shape index (κ1) is 18.6. The fraction of sp³-hybridized carbons (Fsp3) is 0.0370. The van der Waals surface area contributed by atoms with Gasteiger partial charge in [-0.25, -0.2) is 0 Å². The van der Waals surface area contributed by atoms with Gasteiger partial charge in [0.1, 0.15) is 5.75 Å². The minimum absolute atomic E-state index is 0.756. The van der Waals surface area contributed by atoms with E-state index in [0.29, 0.717) is 0 Å². The van der Waals surface area contributed by atoms with E-state index in [4.69, 9.17) is 10.5 Å². The highest BCUT2D eigenvalue weighted by Crippen LogP contribution is 2.38. The highest BCUT2D eigenvalue weighted by molar-refractivity contribution is 5.98. The predicted octanol–water partition coefficient (Wildman–Crippen LogP) is 6.53. The highest BCUT2D eigenvalue weighted by atomic mass is 16.5. The number of nitrogen functional groups attached to an aromatic ring is 1. The number of ether oxygens (including phenoxy) is 1. The van der Waals surface area contributed by atoms with E-state index in [1.54, 1.807) is 7.11 Å². The second kappa shape index (κ2) is 8.49. The van der Waals surface area contributed by atoms with Gasteiger partial charge in [-0.05, 0) is 58.2 Å². The van der Waals surface area contributed by atoms with Crippen LogP contribution in [0.3, 0.4) is 0 Å². The molecule has 0 atom stereocenters. The molecule has 0 bridgehead atoms. The Hall–Kier alpha value is -3.78. The zero-order valence-corrected chi connectivity index (χ0v) is 16.4. The molecule has 0 amide bonds. The van der Waals surface area contributed by atoms with Crippen LogP contribution in [-0.4, -0.2) is 7.11 Å². The van der Waals surface area contributed by atoms with Gasteiger partial charge in [-0.15, -0.1) is 0 Å². The summed E-state index contributed by atoms with van der Waals surface area (Å²) in [6.07, 6.45) is 2.22. The summed E-state index contributed by atoms with van der Waals surface area (Å²) in [6.45, 7) is 0. The van der Waals surface area contributed by atoms with Crippen molar-refractivity contribution in [1.82, 2.24) is 0 Å². The minimum Gasteiger partial charge on any atom is -0.497 e. The third kappa shape index (κ3) is 4.07. The largest absolute Gasteiger partial charge is 0.497 e. The van der Waals surface area contributed by atoms with E-state index in [-0.39, 0.29) is 0 Å². The van der Waals surface area contributed by atoms with Gasteiger partial charge in [0.15, 0.2) is 0 Å². The van der Waals surface area contributed by atoms with Crippen molar-refractivity contribution < 1.29 is 4.74 Å². The van der Waals surface area contributed by atoms with Gasteiger partial charge >= 0.3 is 0 Å². The van der Waals surface area contributed by atoms with Crippen LogP contribution in [0.1, 0.15) is 16.7 Å². The first-order valence-corrected chi connectivity index (χ1v) is 9.62. The summed E-state index contributed by atoms with van der Waals surface area (Å²) in [6, 6.07) is 34.9. The Morgan fingerprint density at radius 1 is 0.724 bits per heavy atom. The van der Waals surface area contributed by atoms with Gasteiger partial charge in [0, 0.05) is 11.3 Å². The first-order valence-electron chi connectivity index (χ1n) is 9.62. The second-order valence-electron chi connectivity index (χ2n) is 6.83. The molecule has 4 aromatic carbocycles. The van der Waals surface area contributed by atoms with E-state index in [1.165, 1.54) is 0 Å². The van der Waals surface area contributed by atoms with Gasteiger partial charge in [-0.1, -0.05) is 78.9 Å². The fourth-order valence-electron chi connectivity index (χ4n) is 3.50. The van der Waals surface area contributed by atoms with E-state index in [9.17, 15) is 0 Å². The van der Waals surface area contributed by atoms with Gasteiger partial charge in [-0.2, -0.15) is 0 Å². The van der Waals surface area contributed by atoms with Crippen molar-refractivity contribution in [1.29, 1.82) is 0 Å². The third-order valence-corrected chi connectivity index (χ3v) is 4.96. The number of methoxy groups -OCH3 is 1. The lowest BCUT2D eigenvalue weighted by atomic mass is 9.88. The van der Waals surface area contributed by atoms with Crippen LogP contribution in [0.4, 0.5) is 5.69 Å². The molecule has 0 aliphatic heterocycles. The maximum Gasteiger partial charge on any atom is 0.119 e. The molecule has 0 spiro atoms. The van der Waals surface area contributed by atoms with Gasteiger partial charge in [-0.3, -0.25) is 0 Å². The Balaban J connectivity index is 2.00. The van der Waals surface area contributed by atoms with Crippen LogP contribution in [0.15, 0.2) is 103 Å². The van der Waals surface area contributed by atoms with Crippen LogP contribution in [-0.2, 0) is 0 Å². The summed E-state index contributed by atoms with van der Waals surface area (Å²) < 4.78 is 5.55. The molecule has 0 aliphatic rings. The molecule has 0 radical (unpaired) electrons. The lowest BCUT2D eigenvalue weighted by Crippen LogP contribution is -1.97. The summed E-state index contributed by atoms with van der Waals surface area (Å²) in [5, 5.41) is 0. The normalized spacial score (nSPS) is 11.3. The number of anilines is 1. The van der Waals surface area contributed by atoms with Crippen molar-refractivity contribution in [2.24, 2.45) is 0 Å². The molecule has 0 aliphatic carbocycles. The molecule has 0 aromatic heterocycles. The summed E-state index contributed by atoms with van der Waals surface area (Å²) in [5.74, 6) is 0.813. The standard InChI is InChI=1S/C27H23NO/c1-29-22-16-17-23(24-14-8-9-15-27(24)28)26(19-22)25(21-12-6-3-7-13-21)18-20-10-4-2-5-11-20/h2-19H,28H2,1H3/b25-18+. The van der Waals surface area contributed by atoms with Crippen molar-refractivity contribution in [2.75, 3.05) is 12.8 Å². The summed E-state index contributed by atoms with van der Waals surface area (Å²) >= 11 is 0. The quantitative estimate of drug-likeness (QED) is 0.317. The highest BCUT2D eigenvalue weighted by Gasteiger charge is 2.15. The Kier molecular flexibility index (Phi) is 5.44. The maximum atomic E-state index is 6.33. The molecular weight excluding hydrogens is 354 g/mol. The molecule has 2 heteroatoms. The third-order valence-electron chi connectivity index (χ3n) is 4.96. The zero-order valence-electron chi connectivity index (χ0n) is 16.4. The number of nitrogens with two attached hydrogens (primary N) is 1. The van der Waals surface area contributed by atoms with Crippen LogP contribution in [0.2, 0.25) is 0 Å². The van der Waals surface area contributed by atoms with Gasteiger partial charge in [0.2, 0.25) is 0 Å². The predicted molar refractivity (Wildman–Crippen MR) is 123 cm³/mol. The van der Waals surface area contributed by atoms with E-state index < -0.39 is 0 Å². The minimum atomic E-state index is 0.756. The van der Waals surface area contributed by atoms with Crippen LogP contribution >= 0.6 is 0 Å². The smallest absolute Gasteiger partial charge is 0.119 e. The molecule has 0 saturated heterocycles. The molecule has 2 N–H and O–H groups in total. The summed E-state index contributed by atoms with van der Waals surface area (Å²) in [7, 11) is 1.69. The van der Waals surface area contributed by atoms with E-state index in [0.717, 1.165) is 44.8 Å². The van der Waals surface area contributed by atoms with Gasteiger partial charge in [0.05, 0.1) is 7.11 Å². The van der Waals surface area contributed by atoms with Crippen LogP contribution in [0.25, 0.3) is 22.8 Å². The number of rotatable bonds is 5. The molecule has 4 rings (SSSR count). The van der Waals surface area contributed by atoms with E-state index in [2.05, 4.69) is 72.8 Å². The Morgan fingerprint density at radius 2 is 1.38 bits per heavy atom. The number of benzene rings is 4. The maximum absolute atomic E-state index is 6.33. The average molecular weight is 377 g/mol. The lowest BCUT2D eigenvalue weighted by molar-refractivity contribution is 0.415. The molecule has 29 heavy (non-hydrogen) atoms. The second-order valence-corrected chi connectivity index (χ2v) is 6.83. The van der Waals surface area contributed by atoms with Gasteiger partial charge in [0.25, 0.3) is 0 Å². The zero-order chi connectivity index (χ0) is 20.1. The molecule has 0 unspecified atom stereocenters. The fourth-order valence-corrected chi connectivity index (χ4v) is 3.50. The van der Waals surface area contributed by atoms with Crippen LogP contribution in [0.5, 0.6) is 5.75 Å². The van der Waals surface area contributed by atoms with Crippen molar-refractivity contribution >= 4 is 17.3 Å². The topological polar surface area (TPSA) is 35.2 Å². The summed E-state index contributed by atoms with van der Waals surface area (Å²) in [4.78, 5) is 0. The molecule has 0 saturated carbocycles. The first-order chi connectivity index (χ1) is 14.3. The Morgan fingerprint density at radius 3 is 2.07 bits per heavy atom. The Bertz CT molecular complexity index is 1130. The van der Waals surface area contributed by atoms with Crippen molar-refractivity contribution in [3.8, 4) is 16.9 Å². The van der Waals surface area contributed by atoms with Crippen molar-refractivity contribution in [3.05, 3.63) is 120 Å². The molecule has 2 nitrogen and oxygen atoms in total. The van der Waals surface area contributed by atoms with E-state index in [1.807, 2.05) is 36.4 Å². The summed E-state index contributed by atoms with van der Waals surface area (Å²) in [5.41, 5.74) is 13.7. The molecule has 142 valence electrons. The van der Waals surface area contributed by atoms with Gasteiger partial charge < -0.3 is 10.5 Å². The number of hydrogen-bond donors (Lipinski definition) is 1. The average Bonchev–Trinajstić information content (AvgIpc) is 2.79. The van der Waals surface area contributed by atoms with Crippen molar-refractivity contribution in [2.45, 2.75) is 0 Å². The van der Waals surface area contributed by atoms with Crippen molar-refractivity contribution in [3.63, 3.8) is 0 Å². The number of hydrogen-bond acceptors (Lipinski definition) is 2. The molecule has 0 heterocycles. The van der Waals surface area contributed by atoms with Crippen LogP contribution in [0, 0.1) is 0 Å². The molecule has 0 fully saturated rings. The molecular formula is C27H23NO. The number of para-hydroxylation sites is 1. The Labute approximate surface area is 171 Å². The monoisotopic (exact) mass is 377 g/mol. The SMILES string of the molecule is COc1ccc(-c2ccccc2N)c(/C(=C/c2ccccc2)c2ccccc2)c1. The van der Waals surface area contributed by atoms with Crippen LogP contribution < -0.4 is 10.5 Å². The lowest BCUT2D eigenvalue weighted by Gasteiger charge is -2.17.